The highest BCUT2D eigenvalue weighted by atomic mass is 31.0. The van der Waals surface area contributed by atoms with Gasteiger partial charge in [0.05, 0.1) is 6.33 Å². The number of H-pyrrole nitrogens is 2. The van der Waals surface area contributed by atoms with E-state index in [2.05, 4.69) is 15.0 Å². The van der Waals surface area contributed by atoms with Crippen molar-refractivity contribution < 1.29 is 0 Å². The molecule has 0 fully saturated rings. The van der Waals surface area contributed by atoms with Crippen LogP contribution in [0.2, 0.25) is 0 Å². The van der Waals surface area contributed by atoms with Crippen LogP contribution in [-0.2, 0) is 0 Å². The SMILES string of the molecule is O=c1[nH]cnc2pc[nH]c12. The molecular weight excluding hydrogens is 149 g/mol. The van der Waals surface area contributed by atoms with Crippen LogP contribution in [0.1, 0.15) is 0 Å². The molecule has 50 valence electrons. The number of hydrogen-bond donors (Lipinski definition) is 2. The van der Waals surface area contributed by atoms with E-state index in [1.54, 1.807) is 5.93 Å². The third-order valence-corrected chi connectivity index (χ3v) is 2.07. The quantitative estimate of drug-likeness (QED) is 0.588. The van der Waals surface area contributed by atoms with E-state index in [9.17, 15) is 4.79 Å². The highest BCUT2D eigenvalue weighted by Gasteiger charge is 1.96. The first-order valence-corrected chi connectivity index (χ1v) is 3.71. The topological polar surface area (TPSA) is 61.5 Å². The maximum absolute atomic E-state index is 10.9. The van der Waals surface area contributed by atoms with E-state index in [1.165, 1.54) is 6.33 Å². The normalized spacial score (nSPS) is 11.2. The minimum absolute atomic E-state index is 0.105. The fraction of sp³-hybridized carbons (Fsp3) is 0. The molecule has 0 radical (unpaired) electrons. The summed E-state index contributed by atoms with van der Waals surface area (Å²) in [7, 11) is 0.962. The first-order chi connectivity index (χ1) is 4.88. The Morgan fingerprint density at radius 3 is 3.20 bits per heavy atom. The molecule has 4 nitrogen and oxygen atoms in total. The lowest BCUT2D eigenvalue weighted by atomic mass is 10.6. The summed E-state index contributed by atoms with van der Waals surface area (Å²) in [6.45, 7) is 0. The summed E-state index contributed by atoms with van der Waals surface area (Å²) in [5.74, 6) is 1.78. The fourth-order valence-corrected chi connectivity index (χ4v) is 1.51. The molecule has 0 aromatic carbocycles. The van der Waals surface area contributed by atoms with Gasteiger partial charge in [-0.15, -0.1) is 0 Å². The summed E-state index contributed by atoms with van der Waals surface area (Å²) in [5, 5.41) is 0.795. The van der Waals surface area contributed by atoms with Crippen LogP contribution in [0.3, 0.4) is 0 Å². The first kappa shape index (κ1) is 5.62. The predicted octanol–water partition coefficient (Wildman–Crippen LogP) is 0.831. The lowest BCUT2D eigenvalue weighted by Gasteiger charge is -1.82. The standard InChI is InChI=1S/C5H4N3OP/c9-4-3-5(7-1-6-4)10-2-8-3/h1-2,8H,(H,6,7,9). The van der Waals surface area contributed by atoms with Crippen molar-refractivity contribution in [3.8, 4) is 0 Å². The molecular formula is C5H4N3OP. The monoisotopic (exact) mass is 153 g/mol. The number of nitrogens with zero attached hydrogens (tertiary/aromatic N) is 1. The number of rotatable bonds is 0. The van der Waals surface area contributed by atoms with Gasteiger partial charge in [0.15, 0.2) is 0 Å². The molecule has 10 heavy (non-hydrogen) atoms. The molecule has 0 atom stereocenters. The Bertz CT molecular complexity index is 404. The van der Waals surface area contributed by atoms with E-state index in [0.29, 0.717) is 5.52 Å². The minimum atomic E-state index is -0.105. The Labute approximate surface area is 57.4 Å². The van der Waals surface area contributed by atoms with Crippen molar-refractivity contribution in [2.24, 2.45) is 0 Å². The lowest BCUT2D eigenvalue weighted by molar-refractivity contribution is 1.17. The van der Waals surface area contributed by atoms with Gasteiger partial charge in [0.1, 0.15) is 10.8 Å². The summed E-state index contributed by atoms with van der Waals surface area (Å²) < 4.78 is 0. The van der Waals surface area contributed by atoms with Gasteiger partial charge in [-0.05, 0) is 8.19 Å². The van der Waals surface area contributed by atoms with Gasteiger partial charge < -0.3 is 9.97 Å². The van der Waals surface area contributed by atoms with Crippen molar-refractivity contribution in [2.45, 2.75) is 0 Å². The van der Waals surface area contributed by atoms with E-state index < -0.39 is 0 Å². The molecule has 0 spiro atoms. The third-order valence-electron chi connectivity index (χ3n) is 1.23. The summed E-state index contributed by atoms with van der Waals surface area (Å²) >= 11 is 0. The molecule has 2 N–H and O–H groups in total. The molecule has 0 saturated heterocycles. The number of fused-ring (bicyclic) bond motifs is 1. The smallest absolute Gasteiger partial charge is 0.275 e. The van der Waals surface area contributed by atoms with E-state index in [0.717, 1.165) is 13.4 Å². The van der Waals surface area contributed by atoms with Crippen molar-refractivity contribution in [3.05, 3.63) is 22.6 Å². The van der Waals surface area contributed by atoms with Crippen LogP contribution in [0.15, 0.2) is 17.1 Å². The third kappa shape index (κ3) is 0.660. The maximum Gasteiger partial charge on any atom is 0.275 e. The Morgan fingerprint density at radius 1 is 1.50 bits per heavy atom. The predicted molar refractivity (Wildman–Crippen MR) is 39.2 cm³/mol. The molecule has 2 aromatic heterocycles. The Kier molecular flexibility index (Phi) is 1.08. The zero-order chi connectivity index (χ0) is 6.97. The molecule has 0 aliphatic rings. The van der Waals surface area contributed by atoms with Gasteiger partial charge in [-0.1, -0.05) is 0 Å². The van der Waals surface area contributed by atoms with Gasteiger partial charge in [-0.25, -0.2) is 4.98 Å². The van der Waals surface area contributed by atoms with Gasteiger partial charge >= 0.3 is 0 Å². The zero-order valence-electron chi connectivity index (χ0n) is 4.96. The van der Waals surface area contributed by atoms with E-state index in [-0.39, 0.29) is 5.56 Å². The number of hydrogen-bond acceptors (Lipinski definition) is 2. The minimum Gasteiger partial charge on any atom is -0.351 e. The van der Waals surface area contributed by atoms with Gasteiger partial charge in [0.2, 0.25) is 0 Å². The average Bonchev–Trinajstić information content (AvgIpc) is 2.36. The Hall–Kier alpha value is -1.15. The second-order valence-corrected chi connectivity index (χ2v) is 2.77. The highest BCUT2D eigenvalue weighted by molar-refractivity contribution is 7.35. The average molecular weight is 153 g/mol. The van der Waals surface area contributed by atoms with Crippen LogP contribution in [0.5, 0.6) is 0 Å². The Morgan fingerprint density at radius 2 is 2.40 bits per heavy atom. The summed E-state index contributed by atoms with van der Waals surface area (Å²) in [5.41, 5.74) is 0.468. The van der Waals surface area contributed by atoms with Crippen LogP contribution in [-0.4, -0.2) is 15.0 Å². The molecule has 0 unspecified atom stereocenters. The van der Waals surface area contributed by atoms with Crippen LogP contribution in [0, 0.1) is 0 Å². The molecule has 0 aliphatic carbocycles. The first-order valence-electron chi connectivity index (χ1n) is 2.75. The fourth-order valence-electron chi connectivity index (χ4n) is 0.776. The van der Waals surface area contributed by atoms with Gasteiger partial charge in [-0.2, -0.15) is 0 Å². The highest BCUT2D eigenvalue weighted by Crippen LogP contribution is 2.13. The van der Waals surface area contributed by atoms with Gasteiger partial charge in [-0.3, -0.25) is 4.79 Å². The van der Waals surface area contributed by atoms with Gasteiger partial charge in [0, 0.05) is 5.93 Å². The molecule has 0 aliphatic heterocycles. The molecule has 2 rings (SSSR count). The number of aromatic nitrogens is 3. The van der Waals surface area contributed by atoms with Crippen LogP contribution in [0.25, 0.3) is 10.8 Å². The second kappa shape index (κ2) is 1.92. The second-order valence-electron chi connectivity index (χ2n) is 1.83. The van der Waals surface area contributed by atoms with Crippen molar-refractivity contribution in [1.82, 2.24) is 15.0 Å². The van der Waals surface area contributed by atoms with E-state index in [1.807, 2.05) is 0 Å². The molecule has 2 aromatic rings. The summed E-state index contributed by atoms with van der Waals surface area (Å²) in [6.07, 6.45) is 1.41. The van der Waals surface area contributed by atoms with Crippen LogP contribution < -0.4 is 5.56 Å². The molecule has 2 heterocycles. The molecule has 5 heteroatoms. The summed E-state index contributed by atoms with van der Waals surface area (Å²) in [4.78, 5) is 20.2. The zero-order valence-corrected chi connectivity index (χ0v) is 5.85. The Balaban J connectivity index is 3.09. The van der Waals surface area contributed by atoms with Crippen LogP contribution >= 0.6 is 8.19 Å². The molecule has 0 amide bonds. The largest absolute Gasteiger partial charge is 0.351 e. The summed E-state index contributed by atoms with van der Waals surface area (Å²) in [6, 6.07) is 0. The van der Waals surface area contributed by atoms with E-state index >= 15 is 0 Å². The van der Waals surface area contributed by atoms with Crippen LogP contribution in [0.4, 0.5) is 0 Å². The maximum atomic E-state index is 10.9. The number of aromatic amines is 2. The molecule has 0 bridgehead atoms. The van der Waals surface area contributed by atoms with Crippen molar-refractivity contribution >= 4 is 19.0 Å². The lowest BCUT2D eigenvalue weighted by Crippen LogP contribution is -2.04. The molecule has 0 saturated carbocycles. The van der Waals surface area contributed by atoms with Gasteiger partial charge in [0.25, 0.3) is 5.56 Å². The van der Waals surface area contributed by atoms with Crippen molar-refractivity contribution in [2.75, 3.05) is 0 Å². The van der Waals surface area contributed by atoms with Crippen molar-refractivity contribution in [3.63, 3.8) is 0 Å². The van der Waals surface area contributed by atoms with E-state index in [4.69, 9.17) is 0 Å². The number of nitrogens with one attached hydrogen (secondary N) is 2. The van der Waals surface area contributed by atoms with Crippen molar-refractivity contribution in [1.29, 1.82) is 0 Å².